The van der Waals surface area contributed by atoms with E-state index >= 15 is 0 Å². The van der Waals surface area contributed by atoms with Gasteiger partial charge in [0.1, 0.15) is 0 Å². The Morgan fingerprint density at radius 1 is 1.08 bits per heavy atom. The highest BCUT2D eigenvalue weighted by atomic mass is 79.9. The first-order valence-corrected chi connectivity index (χ1v) is 9.94. The number of hydrogen-bond acceptors (Lipinski definition) is 3. The topological polar surface area (TPSA) is 61.4 Å². The Balaban J connectivity index is 1.39. The first-order valence-electron chi connectivity index (χ1n) is 9.15. The number of likely N-dealkylation sites (tertiary alicyclic amines) is 1. The lowest BCUT2D eigenvalue weighted by Gasteiger charge is -2.41. The van der Waals surface area contributed by atoms with E-state index in [4.69, 9.17) is 0 Å². The summed E-state index contributed by atoms with van der Waals surface area (Å²) in [5.41, 5.74) is 0.709. The summed E-state index contributed by atoms with van der Waals surface area (Å²) in [5.74, 6) is 1.33. The van der Waals surface area contributed by atoms with Gasteiger partial charge in [-0.15, -0.1) is 0 Å². The average Bonchev–Trinajstić information content (AvgIpc) is 2.62. The molecule has 1 saturated heterocycles. The number of rotatable bonds is 5. The van der Waals surface area contributed by atoms with Crippen molar-refractivity contribution in [1.29, 1.82) is 0 Å². The molecule has 0 bridgehead atoms. The number of piperidine rings is 1. The molecule has 136 valence electrons. The zero-order valence-corrected chi connectivity index (χ0v) is 16.1. The number of carbonyl (C=O) groups excluding carboxylic acids is 2. The maximum atomic E-state index is 12.2. The summed E-state index contributed by atoms with van der Waals surface area (Å²) in [7, 11) is 0. The fraction of sp³-hybridized carbons (Fsp3) is 0.579. The van der Waals surface area contributed by atoms with Gasteiger partial charge in [0.25, 0.3) is 0 Å². The number of halogens is 1. The number of amides is 2. The molecule has 5 nitrogen and oxygen atoms in total. The van der Waals surface area contributed by atoms with Crippen LogP contribution in [0.25, 0.3) is 0 Å². The van der Waals surface area contributed by atoms with Crippen molar-refractivity contribution in [3.63, 3.8) is 0 Å². The molecule has 3 rings (SSSR count). The van der Waals surface area contributed by atoms with Gasteiger partial charge in [-0.2, -0.15) is 0 Å². The van der Waals surface area contributed by atoms with Gasteiger partial charge in [0, 0.05) is 11.0 Å². The molecule has 0 aromatic heterocycles. The van der Waals surface area contributed by atoms with Gasteiger partial charge in [-0.25, -0.2) is 0 Å². The van der Waals surface area contributed by atoms with Gasteiger partial charge in [0.15, 0.2) is 0 Å². The van der Waals surface area contributed by atoms with Crippen LogP contribution in [0.1, 0.15) is 32.1 Å². The van der Waals surface area contributed by atoms with E-state index in [1.54, 1.807) is 0 Å². The highest BCUT2D eigenvalue weighted by Crippen LogP contribution is 2.35. The molecule has 1 aliphatic heterocycles. The molecule has 2 fully saturated rings. The van der Waals surface area contributed by atoms with E-state index in [9.17, 15) is 9.59 Å². The summed E-state index contributed by atoms with van der Waals surface area (Å²) in [6.45, 7) is 2.42. The van der Waals surface area contributed by atoms with Crippen molar-refractivity contribution in [2.75, 3.05) is 31.5 Å². The largest absolute Gasteiger partial charge is 0.346 e. The van der Waals surface area contributed by atoms with Crippen molar-refractivity contribution in [3.05, 3.63) is 28.7 Å². The fourth-order valence-electron chi connectivity index (χ4n) is 4.01. The molecule has 0 radical (unpaired) electrons. The first kappa shape index (κ1) is 18.4. The Morgan fingerprint density at radius 2 is 1.84 bits per heavy atom. The van der Waals surface area contributed by atoms with Crippen molar-refractivity contribution in [1.82, 2.24) is 10.2 Å². The third kappa shape index (κ3) is 5.28. The van der Waals surface area contributed by atoms with Gasteiger partial charge in [0.2, 0.25) is 11.8 Å². The van der Waals surface area contributed by atoms with E-state index in [0.29, 0.717) is 12.2 Å². The summed E-state index contributed by atoms with van der Waals surface area (Å²) in [6, 6.07) is 7.42. The Kier molecular flexibility index (Phi) is 6.48. The number of nitrogens with one attached hydrogen (secondary N) is 2. The van der Waals surface area contributed by atoms with Crippen molar-refractivity contribution >= 4 is 33.4 Å². The molecular formula is C19H26BrN3O2. The zero-order valence-electron chi connectivity index (χ0n) is 14.5. The predicted octanol–water partition coefficient (Wildman–Crippen LogP) is 3.02. The standard InChI is InChI=1S/C19H26BrN3O2/c20-16-7-3-4-8-17(16)22-18(24)11-21-19(25)13-23-10-9-14-5-1-2-6-15(14)12-23/h3-4,7-8,14-15H,1-2,5-6,9-13H2,(H,21,25)(H,22,24)/t14-,15+/m0/s1. The van der Waals surface area contributed by atoms with Crippen LogP contribution in [0.15, 0.2) is 28.7 Å². The van der Waals surface area contributed by atoms with Gasteiger partial charge in [-0.05, 0) is 59.3 Å². The molecule has 1 aromatic carbocycles. The van der Waals surface area contributed by atoms with Crippen molar-refractivity contribution in [3.8, 4) is 0 Å². The molecule has 25 heavy (non-hydrogen) atoms. The third-order valence-corrected chi connectivity index (χ3v) is 6.03. The maximum absolute atomic E-state index is 12.2. The van der Waals surface area contributed by atoms with Gasteiger partial charge in [-0.3, -0.25) is 14.5 Å². The van der Waals surface area contributed by atoms with Gasteiger partial charge >= 0.3 is 0 Å². The fourth-order valence-corrected chi connectivity index (χ4v) is 4.40. The second-order valence-electron chi connectivity index (χ2n) is 7.13. The number of benzene rings is 1. The van der Waals surface area contributed by atoms with Crippen LogP contribution in [0.5, 0.6) is 0 Å². The summed E-state index contributed by atoms with van der Waals surface area (Å²) in [5, 5.41) is 5.53. The molecule has 1 saturated carbocycles. The Hall–Kier alpha value is -1.40. The van der Waals surface area contributed by atoms with Crippen LogP contribution in [-0.2, 0) is 9.59 Å². The summed E-state index contributed by atoms with van der Waals surface area (Å²) < 4.78 is 0.824. The number of fused-ring (bicyclic) bond motifs is 1. The van der Waals surface area contributed by atoms with Crippen LogP contribution in [-0.4, -0.2) is 42.9 Å². The first-order chi connectivity index (χ1) is 12.1. The van der Waals surface area contributed by atoms with Crippen LogP contribution >= 0.6 is 15.9 Å². The minimum absolute atomic E-state index is 0.0000607. The number of anilines is 1. The smallest absolute Gasteiger partial charge is 0.243 e. The molecule has 2 amide bonds. The Bertz CT molecular complexity index is 622. The van der Waals surface area contributed by atoms with Gasteiger partial charge in [-0.1, -0.05) is 31.4 Å². The van der Waals surface area contributed by atoms with E-state index in [1.165, 1.54) is 32.1 Å². The van der Waals surface area contributed by atoms with Crippen LogP contribution in [0.2, 0.25) is 0 Å². The molecule has 0 unspecified atom stereocenters. The molecule has 1 heterocycles. The second-order valence-corrected chi connectivity index (χ2v) is 7.99. The minimum Gasteiger partial charge on any atom is -0.346 e. The number of carbonyl (C=O) groups is 2. The van der Waals surface area contributed by atoms with Crippen molar-refractivity contribution in [2.45, 2.75) is 32.1 Å². The third-order valence-electron chi connectivity index (χ3n) is 5.34. The molecule has 6 heteroatoms. The lowest BCUT2D eigenvalue weighted by atomic mass is 9.75. The van der Waals surface area contributed by atoms with E-state index in [-0.39, 0.29) is 18.4 Å². The lowest BCUT2D eigenvalue weighted by molar-refractivity contribution is -0.125. The lowest BCUT2D eigenvalue weighted by Crippen LogP contribution is -2.47. The zero-order chi connectivity index (χ0) is 17.6. The quantitative estimate of drug-likeness (QED) is 0.788. The molecule has 2 N–H and O–H groups in total. The van der Waals surface area contributed by atoms with Gasteiger partial charge < -0.3 is 10.6 Å². The maximum Gasteiger partial charge on any atom is 0.243 e. The molecule has 1 aliphatic carbocycles. The Morgan fingerprint density at radius 3 is 2.64 bits per heavy atom. The summed E-state index contributed by atoms with van der Waals surface area (Å²) in [4.78, 5) is 26.4. The van der Waals surface area contributed by atoms with Crippen molar-refractivity contribution in [2.24, 2.45) is 11.8 Å². The summed E-state index contributed by atoms with van der Waals surface area (Å²) in [6.07, 6.45) is 6.57. The molecular weight excluding hydrogens is 382 g/mol. The van der Waals surface area contributed by atoms with Crippen molar-refractivity contribution < 1.29 is 9.59 Å². The van der Waals surface area contributed by atoms with Crippen LogP contribution in [0.4, 0.5) is 5.69 Å². The van der Waals surface area contributed by atoms with E-state index < -0.39 is 0 Å². The normalized spacial score (nSPS) is 23.6. The number of para-hydroxylation sites is 1. The molecule has 1 aromatic rings. The second kappa shape index (κ2) is 8.81. The minimum atomic E-state index is -0.216. The van der Waals surface area contributed by atoms with E-state index in [1.807, 2.05) is 24.3 Å². The van der Waals surface area contributed by atoms with Crippen LogP contribution in [0.3, 0.4) is 0 Å². The molecule has 2 atom stereocenters. The number of hydrogen-bond donors (Lipinski definition) is 2. The highest BCUT2D eigenvalue weighted by molar-refractivity contribution is 9.10. The highest BCUT2D eigenvalue weighted by Gasteiger charge is 2.31. The Labute approximate surface area is 157 Å². The van der Waals surface area contributed by atoms with E-state index in [2.05, 4.69) is 31.5 Å². The average molecular weight is 408 g/mol. The van der Waals surface area contributed by atoms with E-state index in [0.717, 1.165) is 29.4 Å². The monoisotopic (exact) mass is 407 g/mol. The van der Waals surface area contributed by atoms with Crippen LogP contribution in [0, 0.1) is 11.8 Å². The number of nitrogens with zero attached hydrogens (tertiary/aromatic N) is 1. The summed E-state index contributed by atoms with van der Waals surface area (Å²) >= 11 is 3.39. The molecule has 0 spiro atoms. The van der Waals surface area contributed by atoms with Crippen LogP contribution < -0.4 is 10.6 Å². The molecule has 2 aliphatic rings. The predicted molar refractivity (Wildman–Crippen MR) is 102 cm³/mol. The van der Waals surface area contributed by atoms with Gasteiger partial charge in [0.05, 0.1) is 18.8 Å². The SMILES string of the molecule is O=C(CN1CC[C@@H]2CCCC[C@@H]2C1)NCC(=O)Nc1ccccc1Br.